The molecule has 0 aliphatic rings. The third kappa shape index (κ3) is 6.05. The number of ether oxygens (including phenoxy) is 2. The first kappa shape index (κ1) is 21.0. The molecular weight excluding hydrogens is 322 g/mol. The number of rotatable bonds is 5. The summed E-state index contributed by atoms with van der Waals surface area (Å²) >= 11 is 0. The van der Waals surface area contributed by atoms with Gasteiger partial charge in [0.15, 0.2) is 11.5 Å². The van der Waals surface area contributed by atoms with E-state index in [9.17, 15) is 14.7 Å². The van der Waals surface area contributed by atoms with Crippen molar-refractivity contribution in [2.75, 3.05) is 13.6 Å². The van der Waals surface area contributed by atoms with Crippen LogP contribution in [0.3, 0.4) is 0 Å². The first-order valence-electron chi connectivity index (χ1n) is 8.27. The van der Waals surface area contributed by atoms with Crippen LogP contribution >= 0.6 is 0 Å². The number of esters is 2. The molecule has 0 bridgehead atoms. The lowest BCUT2D eigenvalue weighted by atomic mass is 9.97. The third-order valence-electron chi connectivity index (χ3n) is 3.42. The van der Waals surface area contributed by atoms with Crippen molar-refractivity contribution < 1.29 is 24.2 Å². The molecule has 0 spiro atoms. The van der Waals surface area contributed by atoms with Crippen LogP contribution in [0, 0.1) is 10.8 Å². The number of nitrogens with one attached hydrogen (secondary N) is 1. The Morgan fingerprint density at radius 2 is 1.64 bits per heavy atom. The summed E-state index contributed by atoms with van der Waals surface area (Å²) in [6.07, 6.45) is -0.565. The van der Waals surface area contributed by atoms with E-state index in [1.54, 1.807) is 54.7 Å². The van der Waals surface area contributed by atoms with Gasteiger partial charge in [-0.05, 0) is 66.3 Å². The highest BCUT2D eigenvalue weighted by Gasteiger charge is 2.28. The maximum atomic E-state index is 12.2. The molecule has 1 rings (SSSR count). The number of likely N-dealkylation sites (N-methyl/N-ethyl adjacent to an activating group) is 1. The lowest BCUT2D eigenvalue weighted by Crippen LogP contribution is -2.29. The van der Waals surface area contributed by atoms with Crippen molar-refractivity contribution in [1.29, 1.82) is 0 Å². The summed E-state index contributed by atoms with van der Waals surface area (Å²) in [5, 5.41) is 12.9. The number of phenols is 1. The van der Waals surface area contributed by atoms with Gasteiger partial charge in [0.2, 0.25) is 0 Å². The Kier molecular flexibility index (Phi) is 6.60. The van der Waals surface area contributed by atoms with Crippen LogP contribution in [-0.2, 0) is 14.3 Å². The van der Waals surface area contributed by atoms with Gasteiger partial charge in [-0.3, -0.25) is 9.59 Å². The van der Waals surface area contributed by atoms with Crippen LogP contribution in [0.2, 0.25) is 0 Å². The molecule has 140 valence electrons. The van der Waals surface area contributed by atoms with Gasteiger partial charge in [0, 0.05) is 6.54 Å². The minimum atomic E-state index is -0.703. The van der Waals surface area contributed by atoms with Gasteiger partial charge in [-0.25, -0.2) is 0 Å². The van der Waals surface area contributed by atoms with Crippen LogP contribution in [0.5, 0.6) is 11.5 Å². The summed E-state index contributed by atoms with van der Waals surface area (Å²) in [6, 6.07) is 4.59. The molecule has 0 aromatic heterocycles. The molecule has 0 radical (unpaired) electrons. The minimum absolute atomic E-state index is 0.0466. The number of benzene rings is 1. The number of aromatic hydroxyl groups is 1. The van der Waals surface area contributed by atoms with E-state index in [1.807, 2.05) is 0 Å². The SMILES string of the molecule is CNC[C@H](OC(=O)C(C)(C)C)c1ccc(O)c(OC(=O)C(C)(C)C)c1. The first-order valence-corrected chi connectivity index (χ1v) is 8.27. The van der Waals surface area contributed by atoms with Crippen molar-refractivity contribution in [3.05, 3.63) is 23.8 Å². The summed E-state index contributed by atoms with van der Waals surface area (Å²) in [7, 11) is 1.75. The van der Waals surface area contributed by atoms with Crippen molar-refractivity contribution in [2.45, 2.75) is 47.6 Å². The molecule has 0 fully saturated rings. The summed E-state index contributed by atoms with van der Waals surface area (Å²) in [6.45, 7) is 10.9. The number of carbonyl (C=O) groups is 2. The van der Waals surface area contributed by atoms with Crippen molar-refractivity contribution in [1.82, 2.24) is 5.32 Å². The van der Waals surface area contributed by atoms with Crippen LogP contribution < -0.4 is 10.1 Å². The predicted octanol–water partition coefficient (Wildman–Crippen LogP) is 3.19. The summed E-state index contributed by atoms with van der Waals surface area (Å²) in [5.41, 5.74) is -0.711. The van der Waals surface area contributed by atoms with Crippen LogP contribution in [0.25, 0.3) is 0 Å². The monoisotopic (exact) mass is 351 g/mol. The molecule has 0 heterocycles. The zero-order chi connectivity index (χ0) is 19.4. The van der Waals surface area contributed by atoms with E-state index in [4.69, 9.17) is 9.47 Å². The van der Waals surface area contributed by atoms with Crippen LogP contribution in [0.4, 0.5) is 0 Å². The molecule has 1 aromatic carbocycles. The van der Waals surface area contributed by atoms with Gasteiger partial charge in [0.05, 0.1) is 10.8 Å². The Balaban J connectivity index is 3.10. The molecule has 1 aromatic rings. The third-order valence-corrected chi connectivity index (χ3v) is 3.42. The Hall–Kier alpha value is -2.08. The normalized spacial score (nSPS) is 13.2. The maximum absolute atomic E-state index is 12.2. The molecule has 0 unspecified atom stereocenters. The number of carbonyl (C=O) groups excluding carboxylic acids is 2. The van der Waals surface area contributed by atoms with Crippen LogP contribution in [0.15, 0.2) is 18.2 Å². The van der Waals surface area contributed by atoms with Crippen molar-refractivity contribution in [3.8, 4) is 11.5 Å². The molecule has 0 saturated carbocycles. The molecule has 0 amide bonds. The van der Waals surface area contributed by atoms with E-state index < -0.39 is 22.9 Å². The molecule has 2 N–H and O–H groups in total. The predicted molar refractivity (Wildman–Crippen MR) is 95.4 cm³/mol. The largest absolute Gasteiger partial charge is 0.504 e. The Morgan fingerprint density at radius 3 is 2.12 bits per heavy atom. The van der Waals surface area contributed by atoms with Crippen molar-refractivity contribution >= 4 is 11.9 Å². The summed E-state index contributed by atoms with van der Waals surface area (Å²) in [4.78, 5) is 24.3. The number of phenolic OH excluding ortho intramolecular Hbond substituents is 1. The van der Waals surface area contributed by atoms with E-state index in [1.165, 1.54) is 12.1 Å². The molecule has 0 saturated heterocycles. The average molecular weight is 351 g/mol. The number of hydrogen-bond donors (Lipinski definition) is 2. The molecule has 0 aliphatic carbocycles. The maximum Gasteiger partial charge on any atom is 0.316 e. The molecule has 25 heavy (non-hydrogen) atoms. The molecule has 6 nitrogen and oxygen atoms in total. The van der Waals surface area contributed by atoms with Crippen molar-refractivity contribution in [3.63, 3.8) is 0 Å². The summed E-state index contributed by atoms with van der Waals surface area (Å²) in [5.74, 6) is -0.900. The fraction of sp³-hybridized carbons (Fsp3) is 0.579. The second-order valence-corrected chi connectivity index (χ2v) is 8.07. The van der Waals surface area contributed by atoms with Gasteiger partial charge >= 0.3 is 11.9 Å². The molecular formula is C19H29NO5. The smallest absolute Gasteiger partial charge is 0.316 e. The topological polar surface area (TPSA) is 84.9 Å². The van der Waals surface area contributed by atoms with E-state index in [2.05, 4.69) is 5.32 Å². The first-order chi connectivity index (χ1) is 11.4. The number of hydrogen-bond acceptors (Lipinski definition) is 6. The van der Waals surface area contributed by atoms with Gasteiger partial charge in [-0.1, -0.05) is 6.07 Å². The fourth-order valence-electron chi connectivity index (χ4n) is 1.78. The van der Waals surface area contributed by atoms with E-state index in [0.717, 1.165) is 0 Å². The Bertz CT molecular complexity index is 626. The molecule has 6 heteroatoms. The highest BCUT2D eigenvalue weighted by molar-refractivity contribution is 5.78. The van der Waals surface area contributed by atoms with E-state index >= 15 is 0 Å². The molecule has 0 aliphatic heterocycles. The average Bonchev–Trinajstić information content (AvgIpc) is 2.47. The van der Waals surface area contributed by atoms with Gasteiger partial charge in [0.1, 0.15) is 6.10 Å². The van der Waals surface area contributed by atoms with Crippen molar-refractivity contribution in [2.24, 2.45) is 10.8 Å². The second kappa shape index (κ2) is 7.87. The van der Waals surface area contributed by atoms with Gasteiger partial charge < -0.3 is 19.9 Å². The van der Waals surface area contributed by atoms with Crippen LogP contribution in [-0.4, -0.2) is 30.6 Å². The van der Waals surface area contributed by atoms with Gasteiger partial charge in [-0.2, -0.15) is 0 Å². The Morgan fingerprint density at radius 1 is 1.08 bits per heavy atom. The Labute approximate surface area is 149 Å². The van der Waals surface area contributed by atoms with Gasteiger partial charge in [0.25, 0.3) is 0 Å². The van der Waals surface area contributed by atoms with E-state index in [-0.39, 0.29) is 17.5 Å². The lowest BCUT2D eigenvalue weighted by Gasteiger charge is -2.24. The second-order valence-electron chi connectivity index (χ2n) is 8.07. The minimum Gasteiger partial charge on any atom is -0.504 e. The highest BCUT2D eigenvalue weighted by Crippen LogP contribution is 2.33. The zero-order valence-electron chi connectivity index (χ0n) is 16.1. The van der Waals surface area contributed by atoms with E-state index in [0.29, 0.717) is 12.1 Å². The highest BCUT2D eigenvalue weighted by atomic mass is 16.5. The van der Waals surface area contributed by atoms with Crippen LogP contribution in [0.1, 0.15) is 53.2 Å². The molecule has 1 atom stereocenters. The quantitative estimate of drug-likeness (QED) is 0.626. The lowest BCUT2D eigenvalue weighted by molar-refractivity contribution is -0.158. The fourth-order valence-corrected chi connectivity index (χ4v) is 1.78. The summed E-state index contributed by atoms with van der Waals surface area (Å²) < 4.78 is 10.9. The van der Waals surface area contributed by atoms with Gasteiger partial charge in [-0.15, -0.1) is 0 Å². The zero-order valence-corrected chi connectivity index (χ0v) is 16.1. The standard InChI is InChI=1S/C19H29NO5/c1-18(2,3)16(22)24-14-10-12(8-9-13(14)21)15(11-20-7)25-17(23)19(4,5)6/h8-10,15,20-21H,11H2,1-7H3/t15-/m0/s1.